The van der Waals surface area contributed by atoms with Crippen LogP contribution in [0.5, 0.6) is 5.75 Å². The highest BCUT2D eigenvalue weighted by molar-refractivity contribution is 5.97. The van der Waals surface area contributed by atoms with Crippen molar-refractivity contribution in [3.05, 3.63) is 63.7 Å². The van der Waals surface area contributed by atoms with Crippen molar-refractivity contribution in [1.29, 1.82) is 0 Å². The van der Waals surface area contributed by atoms with Gasteiger partial charge in [0.05, 0.1) is 4.92 Å². The molecule has 0 aliphatic heterocycles. The second-order valence-corrected chi connectivity index (χ2v) is 6.05. The number of alkyl halides is 2. The molecule has 12 heteroatoms. The van der Waals surface area contributed by atoms with E-state index in [0.717, 1.165) is 0 Å². The molecule has 0 unspecified atom stereocenters. The number of carbonyl (C=O) groups is 3. The number of nitro benzene ring substituents is 1. The van der Waals surface area contributed by atoms with Gasteiger partial charge in [0.1, 0.15) is 12.3 Å². The van der Waals surface area contributed by atoms with Gasteiger partial charge in [0.15, 0.2) is 6.61 Å². The van der Waals surface area contributed by atoms with Gasteiger partial charge in [-0.15, -0.1) is 0 Å². The minimum Gasteiger partial charge on any atom is -0.454 e. The van der Waals surface area contributed by atoms with Crippen molar-refractivity contribution in [3.8, 4) is 5.75 Å². The molecule has 10 nitrogen and oxygen atoms in total. The van der Waals surface area contributed by atoms with Crippen LogP contribution in [0.1, 0.15) is 15.9 Å². The lowest BCUT2D eigenvalue weighted by Gasteiger charge is -2.09. The molecule has 164 valence electrons. The minimum atomic E-state index is -2.97. The van der Waals surface area contributed by atoms with E-state index in [0.29, 0.717) is 0 Å². The molecule has 0 spiro atoms. The molecular weight excluding hydrogens is 420 g/mol. The number of aryl methyl sites for hydroxylation is 1. The van der Waals surface area contributed by atoms with E-state index in [9.17, 15) is 33.3 Å². The molecule has 2 N–H and O–H groups in total. The third-order valence-corrected chi connectivity index (χ3v) is 3.78. The number of anilines is 1. The summed E-state index contributed by atoms with van der Waals surface area (Å²) in [5, 5.41) is 15.5. The molecule has 2 rings (SSSR count). The molecule has 2 aromatic rings. The van der Waals surface area contributed by atoms with Crippen molar-refractivity contribution in [3.63, 3.8) is 0 Å². The minimum absolute atomic E-state index is 0.0848. The van der Waals surface area contributed by atoms with Gasteiger partial charge in [-0.2, -0.15) is 8.78 Å². The molecule has 2 aromatic carbocycles. The number of esters is 1. The van der Waals surface area contributed by atoms with Crippen molar-refractivity contribution in [1.82, 2.24) is 5.32 Å². The molecular formula is C19H17F2N3O7. The van der Waals surface area contributed by atoms with Crippen LogP contribution in [-0.4, -0.2) is 42.5 Å². The van der Waals surface area contributed by atoms with Gasteiger partial charge >= 0.3 is 12.6 Å². The van der Waals surface area contributed by atoms with Crippen LogP contribution in [0.25, 0.3) is 0 Å². The molecule has 0 radical (unpaired) electrons. The van der Waals surface area contributed by atoms with E-state index in [4.69, 9.17) is 4.74 Å². The van der Waals surface area contributed by atoms with Crippen LogP contribution in [0.3, 0.4) is 0 Å². The zero-order valence-electron chi connectivity index (χ0n) is 16.1. The second-order valence-electron chi connectivity index (χ2n) is 6.05. The average molecular weight is 437 g/mol. The maximum atomic E-state index is 12.1. The molecule has 0 atom stereocenters. The van der Waals surface area contributed by atoms with Crippen LogP contribution < -0.4 is 15.4 Å². The Labute approximate surface area is 174 Å². The average Bonchev–Trinajstić information content (AvgIpc) is 2.71. The molecule has 0 heterocycles. The molecule has 0 fully saturated rings. The van der Waals surface area contributed by atoms with E-state index in [1.165, 1.54) is 49.4 Å². The summed E-state index contributed by atoms with van der Waals surface area (Å²) in [6.45, 7) is -2.66. The molecule has 0 aromatic heterocycles. The first-order valence-electron chi connectivity index (χ1n) is 8.69. The third-order valence-electron chi connectivity index (χ3n) is 3.78. The van der Waals surface area contributed by atoms with Crippen molar-refractivity contribution in [2.24, 2.45) is 0 Å². The summed E-state index contributed by atoms with van der Waals surface area (Å²) >= 11 is 0. The number of nitrogens with one attached hydrogen (secondary N) is 2. The predicted octanol–water partition coefficient (Wildman–Crippen LogP) is 2.42. The summed E-state index contributed by atoms with van der Waals surface area (Å²) in [4.78, 5) is 45.7. The molecule has 0 bridgehead atoms. The van der Waals surface area contributed by atoms with Gasteiger partial charge in [0, 0.05) is 22.9 Å². The fraction of sp³-hybridized carbons (Fsp3) is 0.211. The molecule has 0 aliphatic carbocycles. The lowest BCUT2D eigenvalue weighted by atomic mass is 10.1. The van der Waals surface area contributed by atoms with Crippen LogP contribution >= 0.6 is 0 Å². The SMILES string of the molecule is Cc1cc(C(=O)NCC(=O)OCC(=O)Nc2ccc(OC(F)F)cc2)ccc1[N+](=O)[O-]. The number of benzene rings is 2. The van der Waals surface area contributed by atoms with Gasteiger partial charge in [-0.05, 0) is 43.3 Å². The molecule has 2 amide bonds. The Balaban J connectivity index is 1.76. The number of hydrogen-bond acceptors (Lipinski definition) is 7. The van der Waals surface area contributed by atoms with Gasteiger partial charge in [-0.1, -0.05) is 0 Å². The first-order valence-corrected chi connectivity index (χ1v) is 8.69. The van der Waals surface area contributed by atoms with E-state index < -0.39 is 42.5 Å². The quantitative estimate of drug-likeness (QED) is 0.349. The lowest BCUT2D eigenvalue weighted by Crippen LogP contribution is -2.32. The van der Waals surface area contributed by atoms with Crippen molar-refractivity contribution < 1.29 is 37.6 Å². The number of ether oxygens (including phenoxy) is 2. The summed E-state index contributed by atoms with van der Waals surface area (Å²) in [6, 6.07) is 8.83. The summed E-state index contributed by atoms with van der Waals surface area (Å²) in [5.74, 6) is -2.31. The Morgan fingerprint density at radius 1 is 1.13 bits per heavy atom. The van der Waals surface area contributed by atoms with Gasteiger partial charge in [-0.3, -0.25) is 24.5 Å². The number of nitrogens with zero attached hydrogens (tertiary/aromatic N) is 1. The van der Waals surface area contributed by atoms with E-state index in [-0.39, 0.29) is 28.3 Å². The van der Waals surface area contributed by atoms with E-state index in [1.807, 2.05) is 0 Å². The molecule has 0 saturated heterocycles. The first kappa shape index (κ1) is 23.2. The van der Waals surface area contributed by atoms with Crippen LogP contribution in [-0.2, 0) is 14.3 Å². The highest BCUT2D eigenvalue weighted by Gasteiger charge is 2.15. The number of rotatable bonds is 9. The molecule has 31 heavy (non-hydrogen) atoms. The van der Waals surface area contributed by atoms with E-state index in [2.05, 4.69) is 15.4 Å². The topological polar surface area (TPSA) is 137 Å². The Bertz CT molecular complexity index is 981. The van der Waals surface area contributed by atoms with Crippen molar-refractivity contribution >= 4 is 29.2 Å². The summed E-state index contributed by atoms with van der Waals surface area (Å²) < 4.78 is 33.1. The van der Waals surface area contributed by atoms with Gasteiger partial charge in [0.25, 0.3) is 17.5 Å². The molecule has 0 saturated carbocycles. The zero-order chi connectivity index (χ0) is 23.0. The smallest absolute Gasteiger partial charge is 0.387 e. The number of halogens is 2. The normalized spacial score (nSPS) is 10.3. The van der Waals surface area contributed by atoms with Crippen LogP contribution in [0.15, 0.2) is 42.5 Å². The highest BCUT2D eigenvalue weighted by atomic mass is 19.3. The Morgan fingerprint density at radius 2 is 1.81 bits per heavy atom. The molecule has 0 aliphatic rings. The van der Waals surface area contributed by atoms with Crippen molar-refractivity contribution in [2.75, 3.05) is 18.5 Å². The van der Waals surface area contributed by atoms with Crippen molar-refractivity contribution in [2.45, 2.75) is 13.5 Å². The van der Waals surface area contributed by atoms with E-state index >= 15 is 0 Å². The Kier molecular flexibility index (Phi) is 7.94. The fourth-order valence-corrected chi connectivity index (χ4v) is 2.37. The monoisotopic (exact) mass is 437 g/mol. The predicted molar refractivity (Wildman–Crippen MR) is 103 cm³/mol. The number of amides is 2. The van der Waals surface area contributed by atoms with Crippen LogP contribution in [0.2, 0.25) is 0 Å². The Hall–Kier alpha value is -4.09. The summed E-state index contributed by atoms with van der Waals surface area (Å²) in [5.41, 5.74) is 0.529. The van der Waals surface area contributed by atoms with Gasteiger partial charge in [0.2, 0.25) is 0 Å². The Morgan fingerprint density at radius 3 is 2.39 bits per heavy atom. The standard InChI is InChI=1S/C19H17F2N3O7/c1-11-8-12(2-7-15(11)24(28)29)18(27)22-9-17(26)30-10-16(25)23-13-3-5-14(6-4-13)31-19(20)21/h2-8,19H,9-10H2,1H3,(H,22,27)(H,23,25). The fourth-order valence-electron chi connectivity index (χ4n) is 2.37. The lowest BCUT2D eigenvalue weighted by molar-refractivity contribution is -0.385. The van der Waals surface area contributed by atoms with Crippen LogP contribution in [0, 0.1) is 17.0 Å². The number of carbonyl (C=O) groups excluding carboxylic acids is 3. The third kappa shape index (κ3) is 7.34. The largest absolute Gasteiger partial charge is 0.454 e. The summed E-state index contributed by atoms with van der Waals surface area (Å²) in [6.07, 6.45) is 0. The second kappa shape index (κ2) is 10.6. The number of hydrogen-bond donors (Lipinski definition) is 2. The highest BCUT2D eigenvalue weighted by Crippen LogP contribution is 2.19. The maximum absolute atomic E-state index is 12.1. The maximum Gasteiger partial charge on any atom is 0.387 e. The van der Waals surface area contributed by atoms with E-state index in [1.54, 1.807) is 0 Å². The number of nitro groups is 1. The van der Waals surface area contributed by atoms with Crippen LogP contribution in [0.4, 0.5) is 20.2 Å². The first-order chi connectivity index (χ1) is 14.7. The van der Waals surface area contributed by atoms with Gasteiger partial charge < -0.3 is 20.1 Å². The zero-order valence-corrected chi connectivity index (χ0v) is 16.1. The van der Waals surface area contributed by atoms with Gasteiger partial charge in [-0.25, -0.2) is 0 Å². The summed E-state index contributed by atoms with van der Waals surface area (Å²) in [7, 11) is 0.